The lowest BCUT2D eigenvalue weighted by molar-refractivity contribution is 0.113. The fourth-order valence-electron chi connectivity index (χ4n) is 1.08. The Morgan fingerprint density at radius 1 is 1.80 bits per heavy atom. The van der Waals surface area contributed by atoms with Crippen LogP contribution in [0, 0.1) is 0 Å². The lowest BCUT2D eigenvalue weighted by Crippen LogP contribution is -2.25. The highest BCUT2D eigenvalue weighted by Crippen LogP contribution is 2.13. The van der Waals surface area contributed by atoms with Gasteiger partial charge in [-0.1, -0.05) is 6.08 Å². The van der Waals surface area contributed by atoms with Crippen LogP contribution in [-0.4, -0.2) is 13.2 Å². The molecule has 0 bridgehead atoms. The van der Waals surface area contributed by atoms with Gasteiger partial charge in [-0.2, -0.15) is 0 Å². The summed E-state index contributed by atoms with van der Waals surface area (Å²) in [5.41, 5.74) is 9.65. The second-order valence-corrected chi connectivity index (χ2v) is 2.57. The third-order valence-corrected chi connectivity index (χ3v) is 1.68. The Morgan fingerprint density at radius 3 is 3.10 bits per heavy atom. The molecule has 1 aliphatic rings. The lowest BCUT2D eigenvalue weighted by atomic mass is 10.0. The van der Waals surface area contributed by atoms with Crippen molar-refractivity contribution < 1.29 is 4.84 Å². The number of nitrogens with one attached hydrogen (secondary N) is 1. The minimum atomic E-state index is 0.349. The van der Waals surface area contributed by atoms with Gasteiger partial charge in [-0.05, 0) is 19.3 Å². The molecular weight excluding hydrogens is 128 g/mol. The number of allylic oxidation sites excluding steroid dienone is 1. The van der Waals surface area contributed by atoms with E-state index in [4.69, 9.17) is 10.6 Å². The van der Waals surface area contributed by atoms with Crippen molar-refractivity contribution in [3.63, 3.8) is 0 Å². The summed E-state index contributed by atoms with van der Waals surface area (Å²) in [5, 5.41) is 0. The molecule has 0 saturated heterocycles. The highest BCUT2D eigenvalue weighted by molar-refractivity contribution is 5.03. The maximum Gasteiger partial charge on any atom is 0.0636 e. The molecule has 0 spiro atoms. The molecule has 0 aromatic rings. The van der Waals surface area contributed by atoms with Gasteiger partial charge in [0.1, 0.15) is 0 Å². The zero-order valence-corrected chi connectivity index (χ0v) is 6.26. The van der Waals surface area contributed by atoms with Gasteiger partial charge in [0.2, 0.25) is 0 Å². The van der Waals surface area contributed by atoms with Crippen LogP contribution in [0.25, 0.3) is 0 Å². The Morgan fingerprint density at radius 2 is 2.60 bits per heavy atom. The van der Waals surface area contributed by atoms with E-state index >= 15 is 0 Å². The standard InChI is InChI=1S/C7H14N2O/c1-10-9-7-4-2-6(8)3-5-7/h4,6,9H,2-3,5,8H2,1H3. The van der Waals surface area contributed by atoms with Crippen molar-refractivity contribution in [3.8, 4) is 0 Å². The van der Waals surface area contributed by atoms with E-state index in [0.29, 0.717) is 6.04 Å². The minimum Gasteiger partial charge on any atom is -0.327 e. The van der Waals surface area contributed by atoms with Gasteiger partial charge >= 0.3 is 0 Å². The van der Waals surface area contributed by atoms with Crippen molar-refractivity contribution in [1.82, 2.24) is 5.48 Å². The van der Waals surface area contributed by atoms with E-state index in [0.717, 1.165) is 25.0 Å². The van der Waals surface area contributed by atoms with Crippen LogP contribution in [0.15, 0.2) is 11.8 Å². The summed E-state index contributed by atoms with van der Waals surface area (Å²) in [7, 11) is 1.62. The van der Waals surface area contributed by atoms with Gasteiger partial charge in [0.05, 0.1) is 7.11 Å². The maximum atomic E-state index is 5.68. The fourth-order valence-corrected chi connectivity index (χ4v) is 1.08. The molecule has 0 aromatic heterocycles. The number of hydroxylamine groups is 1. The van der Waals surface area contributed by atoms with Crippen molar-refractivity contribution >= 4 is 0 Å². The fraction of sp³-hybridized carbons (Fsp3) is 0.714. The van der Waals surface area contributed by atoms with Crippen LogP contribution in [0.1, 0.15) is 19.3 Å². The Balaban J connectivity index is 2.33. The van der Waals surface area contributed by atoms with Crippen LogP contribution in [0.3, 0.4) is 0 Å². The Bertz CT molecular complexity index is 134. The number of hydrogen-bond acceptors (Lipinski definition) is 3. The van der Waals surface area contributed by atoms with E-state index < -0.39 is 0 Å². The molecule has 0 amide bonds. The first-order valence-corrected chi connectivity index (χ1v) is 3.56. The molecule has 0 aromatic carbocycles. The van der Waals surface area contributed by atoms with E-state index in [1.165, 1.54) is 0 Å². The van der Waals surface area contributed by atoms with Crippen molar-refractivity contribution in [2.75, 3.05) is 7.11 Å². The smallest absolute Gasteiger partial charge is 0.0636 e. The summed E-state index contributed by atoms with van der Waals surface area (Å²) in [6.45, 7) is 0. The summed E-state index contributed by atoms with van der Waals surface area (Å²) >= 11 is 0. The van der Waals surface area contributed by atoms with Gasteiger partial charge in [0.25, 0.3) is 0 Å². The van der Waals surface area contributed by atoms with E-state index in [-0.39, 0.29) is 0 Å². The van der Waals surface area contributed by atoms with E-state index in [1.807, 2.05) is 0 Å². The normalized spacial score (nSPS) is 25.8. The quantitative estimate of drug-likeness (QED) is 0.553. The molecule has 1 unspecified atom stereocenters. The molecule has 1 atom stereocenters. The average molecular weight is 142 g/mol. The second kappa shape index (κ2) is 3.58. The van der Waals surface area contributed by atoms with Crippen LogP contribution in [0.2, 0.25) is 0 Å². The van der Waals surface area contributed by atoms with E-state index in [9.17, 15) is 0 Å². The van der Waals surface area contributed by atoms with Crippen molar-refractivity contribution in [2.45, 2.75) is 25.3 Å². The largest absolute Gasteiger partial charge is 0.327 e. The van der Waals surface area contributed by atoms with Gasteiger partial charge in [-0.3, -0.25) is 10.3 Å². The summed E-state index contributed by atoms with van der Waals surface area (Å²) in [6, 6.07) is 0.349. The van der Waals surface area contributed by atoms with Crippen LogP contribution >= 0.6 is 0 Å². The molecule has 0 saturated carbocycles. The summed E-state index contributed by atoms with van der Waals surface area (Å²) in [4.78, 5) is 4.76. The molecule has 3 heteroatoms. The highest BCUT2D eigenvalue weighted by Gasteiger charge is 2.08. The Labute approximate surface area is 61.2 Å². The molecule has 1 rings (SSSR count). The first kappa shape index (κ1) is 7.57. The average Bonchev–Trinajstić information content (AvgIpc) is 1.95. The van der Waals surface area contributed by atoms with Crippen LogP contribution in [-0.2, 0) is 4.84 Å². The van der Waals surface area contributed by atoms with Gasteiger partial charge in [-0.25, -0.2) is 0 Å². The van der Waals surface area contributed by atoms with Crippen LogP contribution < -0.4 is 11.2 Å². The van der Waals surface area contributed by atoms with Crippen molar-refractivity contribution in [1.29, 1.82) is 0 Å². The molecule has 10 heavy (non-hydrogen) atoms. The third kappa shape index (κ3) is 2.01. The van der Waals surface area contributed by atoms with Gasteiger partial charge in [0.15, 0.2) is 0 Å². The van der Waals surface area contributed by atoms with Crippen LogP contribution in [0.5, 0.6) is 0 Å². The SMILES string of the molecule is CONC1=CCC(N)CC1. The molecule has 3 N–H and O–H groups in total. The molecule has 58 valence electrons. The molecule has 0 fully saturated rings. The number of hydrogen-bond donors (Lipinski definition) is 2. The third-order valence-electron chi connectivity index (χ3n) is 1.68. The summed E-state index contributed by atoms with van der Waals surface area (Å²) < 4.78 is 0. The van der Waals surface area contributed by atoms with Crippen molar-refractivity contribution in [3.05, 3.63) is 11.8 Å². The molecular formula is C7H14N2O. The zero-order valence-electron chi connectivity index (χ0n) is 6.26. The Hall–Kier alpha value is -0.540. The van der Waals surface area contributed by atoms with Gasteiger partial charge < -0.3 is 5.73 Å². The first-order valence-electron chi connectivity index (χ1n) is 3.56. The second-order valence-electron chi connectivity index (χ2n) is 2.57. The maximum absolute atomic E-state index is 5.68. The van der Waals surface area contributed by atoms with Crippen molar-refractivity contribution in [2.24, 2.45) is 5.73 Å². The summed E-state index contributed by atoms with van der Waals surface area (Å²) in [6.07, 6.45) is 5.13. The molecule has 0 heterocycles. The minimum absolute atomic E-state index is 0.349. The number of rotatable bonds is 2. The predicted molar refractivity (Wildman–Crippen MR) is 40.1 cm³/mol. The molecule has 0 aliphatic heterocycles. The van der Waals surface area contributed by atoms with E-state index in [2.05, 4.69) is 11.6 Å². The van der Waals surface area contributed by atoms with Crippen LogP contribution in [0.4, 0.5) is 0 Å². The molecule has 0 radical (unpaired) electrons. The summed E-state index contributed by atoms with van der Waals surface area (Å²) in [5.74, 6) is 0. The molecule has 1 aliphatic carbocycles. The zero-order chi connectivity index (χ0) is 7.40. The monoisotopic (exact) mass is 142 g/mol. The molecule has 3 nitrogen and oxygen atoms in total. The predicted octanol–water partition coefficient (Wildman–Crippen LogP) is 0.533. The number of nitrogens with two attached hydrogens (primary N) is 1. The lowest BCUT2D eigenvalue weighted by Gasteiger charge is -2.17. The van der Waals surface area contributed by atoms with Gasteiger partial charge in [0, 0.05) is 11.7 Å². The topological polar surface area (TPSA) is 47.3 Å². The van der Waals surface area contributed by atoms with Gasteiger partial charge in [-0.15, -0.1) is 0 Å². The highest BCUT2D eigenvalue weighted by atomic mass is 16.6. The van der Waals surface area contributed by atoms with E-state index in [1.54, 1.807) is 7.11 Å². The first-order chi connectivity index (χ1) is 4.83. The Kier molecular flexibility index (Phi) is 2.71.